The third kappa shape index (κ3) is 5.38. The summed E-state index contributed by atoms with van der Waals surface area (Å²) >= 11 is 0. The Balaban J connectivity index is 2.21. The van der Waals surface area contributed by atoms with E-state index in [-0.39, 0.29) is 24.0 Å². The predicted octanol–water partition coefficient (Wildman–Crippen LogP) is 2.95. The minimum Gasteiger partial charge on any atom is -0.488 e. The van der Waals surface area contributed by atoms with Crippen molar-refractivity contribution in [2.45, 2.75) is 45.8 Å². The Labute approximate surface area is 156 Å². The average molecular weight is 362 g/mol. The molecule has 6 heteroatoms. The highest BCUT2D eigenvalue weighted by atomic mass is 16.6. The first-order chi connectivity index (χ1) is 12.1. The lowest BCUT2D eigenvalue weighted by molar-refractivity contribution is -0.129. The van der Waals surface area contributed by atoms with Crippen molar-refractivity contribution in [3.05, 3.63) is 29.8 Å². The predicted molar refractivity (Wildman–Crippen MR) is 100 cm³/mol. The van der Waals surface area contributed by atoms with E-state index in [0.29, 0.717) is 25.3 Å². The number of hydrogen-bond acceptors (Lipinski definition) is 4. The molecule has 0 unspecified atom stereocenters. The number of rotatable bonds is 2. The van der Waals surface area contributed by atoms with E-state index >= 15 is 0 Å². The fraction of sp³-hybridized carbons (Fsp3) is 0.600. The van der Waals surface area contributed by atoms with Crippen LogP contribution in [0.2, 0.25) is 0 Å². The number of hydrogen-bond donors (Lipinski definition) is 0. The van der Waals surface area contributed by atoms with Crippen molar-refractivity contribution in [1.29, 1.82) is 0 Å². The van der Waals surface area contributed by atoms with Crippen LogP contribution in [0.15, 0.2) is 24.3 Å². The zero-order valence-corrected chi connectivity index (χ0v) is 16.6. The van der Waals surface area contributed by atoms with Gasteiger partial charge in [0.15, 0.2) is 0 Å². The summed E-state index contributed by atoms with van der Waals surface area (Å²) in [6, 6.07) is 7.58. The number of carbonyl (C=O) groups is 2. The molecule has 0 radical (unpaired) electrons. The van der Waals surface area contributed by atoms with Crippen LogP contribution in [0.5, 0.6) is 5.75 Å². The van der Waals surface area contributed by atoms with Crippen LogP contribution in [0.25, 0.3) is 0 Å². The lowest BCUT2D eigenvalue weighted by Gasteiger charge is -2.31. The SMILES string of the molecule is C[C@@H]1CN(C)C(=O)Cc2ccccc2O[C@@H]1CN(C)C(=O)OC(C)(C)C. The number of carbonyl (C=O) groups excluding carboxylic acids is 2. The lowest BCUT2D eigenvalue weighted by Crippen LogP contribution is -2.45. The van der Waals surface area contributed by atoms with Gasteiger partial charge in [-0.05, 0) is 26.8 Å². The van der Waals surface area contributed by atoms with Crippen molar-refractivity contribution in [1.82, 2.24) is 9.80 Å². The summed E-state index contributed by atoms with van der Waals surface area (Å²) in [7, 11) is 3.51. The number of ether oxygens (including phenoxy) is 2. The van der Waals surface area contributed by atoms with Gasteiger partial charge in [-0.3, -0.25) is 4.79 Å². The lowest BCUT2D eigenvalue weighted by atomic mass is 10.0. The van der Waals surface area contributed by atoms with E-state index in [0.717, 1.165) is 5.56 Å². The Morgan fingerprint density at radius 3 is 2.65 bits per heavy atom. The van der Waals surface area contributed by atoms with Gasteiger partial charge in [-0.25, -0.2) is 4.79 Å². The molecule has 2 rings (SSSR count). The van der Waals surface area contributed by atoms with Gasteiger partial charge in [0.1, 0.15) is 17.5 Å². The van der Waals surface area contributed by atoms with E-state index in [1.807, 2.05) is 52.0 Å². The molecule has 0 saturated heterocycles. The van der Waals surface area contributed by atoms with Gasteiger partial charge in [0.25, 0.3) is 0 Å². The molecule has 6 nitrogen and oxygen atoms in total. The molecular weight excluding hydrogens is 332 g/mol. The Morgan fingerprint density at radius 1 is 1.35 bits per heavy atom. The zero-order chi connectivity index (χ0) is 19.5. The van der Waals surface area contributed by atoms with Crippen LogP contribution < -0.4 is 4.74 Å². The van der Waals surface area contributed by atoms with Gasteiger partial charge in [-0.1, -0.05) is 25.1 Å². The molecule has 26 heavy (non-hydrogen) atoms. The van der Waals surface area contributed by atoms with Crippen molar-refractivity contribution in [2.75, 3.05) is 27.2 Å². The first-order valence-corrected chi connectivity index (χ1v) is 8.99. The third-order valence-electron chi connectivity index (χ3n) is 4.37. The summed E-state index contributed by atoms with van der Waals surface area (Å²) in [6.07, 6.45) is -0.318. The molecule has 0 aromatic heterocycles. The molecule has 2 atom stereocenters. The molecule has 1 heterocycles. The Morgan fingerprint density at radius 2 is 2.00 bits per heavy atom. The fourth-order valence-electron chi connectivity index (χ4n) is 2.89. The fourth-order valence-corrected chi connectivity index (χ4v) is 2.89. The van der Waals surface area contributed by atoms with Gasteiger partial charge in [0, 0.05) is 32.1 Å². The molecule has 1 aromatic rings. The van der Waals surface area contributed by atoms with E-state index in [4.69, 9.17) is 9.47 Å². The molecule has 0 fully saturated rings. The van der Waals surface area contributed by atoms with Crippen LogP contribution in [-0.4, -0.2) is 60.7 Å². The minimum atomic E-state index is -0.546. The smallest absolute Gasteiger partial charge is 0.410 e. The van der Waals surface area contributed by atoms with Gasteiger partial charge in [0.05, 0.1) is 13.0 Å². The molecule has 0 saturated carbocycles. The largest absolute Gasteiger partial charge is 0.488 e. The average Bonchev–Trinajstić information content (AvgIpc) is 2.56. The zero-order valence-electron chi connectivity index (χ0n) is 16.6. The van der Waals surface area contributed by atoms with Crippen LogP contribution >= 0.6 is 0 Å². The maximum Gasteiger partial charge on any atom is 0.410 e. The molecule has 0 aliphatic carbocycles. The number of para-hydroxylation sites is 1. The summed E-state index contributed by atoms with van der Waals surface area (Å²) in [4.78, 5) is 28.0. The Bertz CT molecular complexity index is 653. The first-order valence-electron chi connectivity index (χ1n) is 8.99. The van der Waals surface area contributed by atoms with E-state index in [2.05, 4.69) is 0 Å². The molecule has 0 spiro atoms. The van der Waals surface area contributed by atoms with Crippen molar-refractivity contribution in [3.8, 4) is 5.75 Å². The monoisotopic (exact) mass is 362 g/mol. The Kier molecular flexibility index (Phi) is 6.16. The van der Waals surface area contributed by atoms with E-state index in [9.17, 15) is 9.59 Å². The maximum absolute atomic E-state index is 12.4. The first kappa shape index (κ1) is 20.1. The van der Waals surface area contributed by atoms with Gasteiger partial charge in [-0.2, -0.15) is 0 Å². The van der Waals surface area contributed by atoms with Crippen LogP contribution in [0.4, 0.5) is 4.79 Å². The number of amides is 2. The van der Waals surface area contributed by atoms with E-state index in [1.165, 1.54) is 4.90 Å². The summed E-state index contributed by atoms with van der Waals surface area (Å²) < 4.78 is 11.7. The number of nitrogens with zero attached hydrogens (tertiary/aromatic N) is 2. The topological polar surface area (TPSA) is 59.1 Å². The second-order valence-electron chi connectivity index (χ2n) is 8.05. The molecule has 0 bridgehead atoms. The van der Waals surface area contributed by atoms with Crippen molar-refractivity contribution in [3.63, 3.8) is 0 Å². The summed E-state index contributed by atoms with van der Waals surface area (Å²) in [5.41, 5.74) is 0.318. The van der Waals surface area contributed by atoms with Crippen LogP contribution in [-0.2, 0) is 16.0 Å². The number of likely N-dealkylation sites (N-methyl/N-ethyl adjacent to an activating group) is 2. The van der Waals surface area contributed by atoms with Gasteiger partial charge in [-0.15, -0.1) is 0 Å². The normalized spacial score (nSPS) is 21.0. The molecular formula is C20H30N2O4. The van der Waals surface area contributed by atoms with Crippen LogP contribution in [0.3, 0.4) is 0 Å². The molecule has 1 aromatic carbocycles. The van der Waals surface area contributed by atoms with Crippen molar-refractivity contribution >= 4 is 12.0 Å². The second-order valence-corrected chi connectivity index (χ2v) is 8.05. The number of benzene rings is 1. The van der Waals surface area contributed by atoms with Crippen molar-refractivity contribution in [2.24, 2.45) is 5.92 Å². The van der Waals surface area contributed by atoms with Gasteiger partial charge < -0.3 is 19.3 Å². The standard InChI is InChI=1S/C20H30N2O4/c1-14-12-21(5)18(23)11-15-9-7-8-10-16(15)25-17(14)13-22(6)19(24)26-20(2,3)4/h7-10,14,17H,11-13H2,1-6H3/t14-,17-/m1/s1. The van der Waals surface area contributed by atoms with Crippen molar-refractivity contribution < 1.29 is 19.1 Å². The summed E-state index contributed by atoms with van der Waals surface area (Å²) in [5.74, 6) is 0.819. The van der Waals surface area contributed by atoms with Crippen LogP contribution in [0, 0.1) is 5.92 Å². The van der Waals surface area contributed by atoms with E-state index < -0.39 is 5.60 Å². The maximum atomic E-state index is 12.4. The Hall–Kier alpha value is -2.24. The molecule has 1 aliphatic heterocycles. The quantitative estimate of drug-likeness (QED) is 0.812. The van der Waals surface area contributed by atoms with E-state index in [1.54, 1.807) is 19.0 Å². The highest BCUT2D eigenvalue weighted by Gasteiger charge is 2.29. The van der Waals surface area contributed by atoms with Gasteiger partial charge >= 0.3 is 6.09 Å². The minimum absolute atomic E-state index is 0.0555. The summed E-state index contributed by atoms with van der Waals surface area (Å²) in [5, 5.41) is 0. The molecule has 2 amide bonds. The number of fused-ring (bicyclic) bond motifs is 1. The second kappa shape index (κ2) is 7.98. The summed E-state index contributed by atoms with van der Waals surface area (Å²) in [6.45, 7) is 8.51. The van der Waals surface area contributed by atoms with Gasteiger partial charge in [0.2, 0.25) is 5.91 Å². The molecule has 1 aliphatic rings. The van der Waals surface area contributed by atoms with Crippen LogP contribution in [0.1, 0.15) is 33.3 Å². The highest BCUT2D eigenvalue weighted by molar-refractivity contribution is 5.79. The molecule has 144 valence electrons. The molecule has 0 N–H and O–H groups in total. The highest BCUT2D eigenvalue weighted by Crippen LogP contribution is 2.25. The third-order valence-corrected chi connectivity index (χ3v) is 4.37.